The van der Waals surface area contributed by atoms with Crippen LogP contribution in [0.4, 0.5) is 184 Å². The summed E-state index contributed by atoms with van der Waals surface area (Å²) >= 11 is 0. The zero-order valence-electron chi connectivity index (χ0n) is 53.8. The molecule has 0 atom stereocenters. The highest BCUT2D eigenvalue weighted by Gasteiger charge is 2.75. The molecule has 0 radical (unpaired) electrons. The van der Waals surface area contributed by atoms with Crippen LogP contribution < -0.4 is 0 Å². The zero-order chi connectivity index (χ0) is 90.8. The minimum Gasteiger partial charge on any atom is -0.456 e. The molecule has 0 saturated carbocycles. The van der Waals surface area contributed by atoms with Gasteiger partial charge in [0.25, 0.3) is 12.2 Å². The van der Waals surface area contributed by atoms with E-state index in [9.17, 15) is 223 Å². The van der Waals surface area contributed by atoms with Crippen LogP contribution in [-0.4, -0.2) is 197 Å². The SMILES string of the molecule is C=C(C)C(=O)OC(C(F)(F)F)C(F)(F)F.C=C(C)C(=O)OCC(F)(F)C(F)(F)C(F)(F)F.C=C(C)C(=O)OCC(F)(F)C(F)(F)F.C=C(C)C(=O)OCC(F)(F)F.C=CC(=O)OC(C(F)(F)F)C(F)(F)F.C=CC(=O)OCC(F)(F)C(F)(F)C(F)(F)F.C=CC(=O)OCC(F)(F)C(F)(F)F.C=CC(=O)OCC(F)(F)F. The molecule has 0 N–H and O–H groups in total. The molecule has 0 aliphatic heterocycles. The molecule has 0 aromatic rings. The molecule has 16 nitrogen and oxygen atoms in total. The first kappa shape index (κ1) is 117. The Labute approximate surface area is 584 Å². The maximum Gasteiger partial charge on any atom is 0.460 e. The second kappa shape index (κ2) is 45.2. The maximum atomic E-state index is 12.5. The van der Waals surface area contributed by atoms with Crippen molar-refractivity contribution in [1.82, 2.24) is 0 Å². The highest BCUT2D eigenvalue weighted by Crippen LogP contribution is 2.48. The zero-order valence-corrected chi connectivity index (χ0v) is 53.8. The van der Waals surface area contributed by atoms with Crippen molar-refractivity contribution in [2.45, 2.75) is 137 Å². The highest BCUT2D eigenvalue weighted by molar-refractivity contribution is 5.88. The summed E-state index contributed by atoms with van der Waals surface area (Å²) in [4.78, 5) is 82.5. The molecule has 0 saturated heterocycles. The van der Waals surface area contributed by atoms with Crippen LogP contribution in [0.3, 0.4) is 0 Å². The Balaban J connectivity index is -0.000000181. The Bertz CT molecular complexity index is 3010. The molecule has 0 aromatic carbocycles. The summed E-state index contributed by atoms with van der Waals surface area (Å²) in [6.45, 7) is 15.5. The van der Waals surface area contributed by atoms with Gasteiger partial charge in [-0.1, -0.05) is 52.6 Å². The number of hydrogen-bond acceptors (Lipinski definition) is 16. The lowest BCUT2D eigenvalue weighted by Gasteiger charge is -2.27. The summed E-state index contributed by atoms with van der Waals surface area (Å²) in [6, 6.07) is 0. The highest BCUT2D eigenvalue weighted by atomic mass is 19.5. The van der Waals surface area contributed by atoms with Crippen molar-refractivity contribution in [3.8, 4) is 0 Å². The summed E-state index contributed by atoms with van der Waals surface area (Å²) in [6.07, 6.45) is -62.5. The third-order valence-corrected chi connectivity index (χ3v) is 8.47. The lowest BCUT2D eigenvalue weighted by atomic mass is 10.2. The van der Waals surface area contributed by atoms with E-state index in [0.29, 0.717) is 18.2 Å². The molecule has 0 aliphatic rings. The molecule has 0 rings (SSSR count). The summed E-state index contributed by atoms with van der Waals surface area (Å²) < 4.78 is 522. The van der Waals surface area contributed by atoms with E-state index in [2.05, 4.69) is 90.5 Å². The van der Waals surface area contributed by atoms with E-state index in [1.54, 1.807) is 0 Å². The lowest BCUT2D eigenvalue weighted by molar-refractivity contribution is -0.359. The van der Waals surface area contributed by atoms with Crippen molar-refractivity contribution in [3.63, 3.8) is 0 Å². The molecule has 0 heterocycles. The van der Waals surface area contributed by atoms with Gasteiger partial charge in [-0.25, -0.2) is 38.4 Å². The topological polar surface area (TPSA) is 210 Å². The van der Waals surface area contributed by atoms with Crippen LogP contribution in [0.15, 0.2) is 99.2 Å². The second-order valence-electron chi connectivity index (χ2n) is 18.4. The lowest BCUT2D eigenvalue weighted by Crippen LogP contribution is -2.54. The van der Waals surface area contributed by atoms with Crippen LogP contribution in [0.5, 0.6) is 0 Å². The van der Waals surface area contributed by atoms with E-state index >= 15 is 0 Å². The molecule has 0 unspecified atom stereocenters. The fourth-order valence-electron chi connectivity index (χ4n) is 3.25. The number of carbonyl (C=O) groups excluding carboxylic acids is 8. The predicted molar refractivity (Wildman–Crippen MR) is 276 cm³/mol. The van der Waals surface area contributed by atoms with Gasteiger partial charge in [-0.15, -0.1) is 0 Å². The second-order valence-corrected chi connectivity index (χ2v) is 18.4. The molecule has 0 amide bonds. The third-order valence-electron chi connectivity index (χ3n) is 8.47. The Morgan fingerprint density at radius 3 is 0.627 bits per heavy atom. The van der Waals surface area contributed by atoms with Crippen LogP contribution in [0.25, 0.3) is 0 Å². The summed E-state index contributed by atoms with van der Waals surface area (Å²) in [7, 11) is 0. The Kier molecular flexibility index (Phi) is 47.8. The summed E-state index contributed by atoms with van der Waals surface area (Å²) in [5.41, 5.74) is -1.25. The average Bonchev–Trinajstić information content (AvgIpc) is 0.782. The van der Waals surface area contributed by atoms with Crippen LogP contribution in [0, 0.1) is 0 Å². The van der Waals surface area contributed by atoms with Crippen LogP contribution >= 0.6 is 0 Å². The van der Waals surface area contributed by atoms with Gasteiger partial charge >= 0.3 is 145 Å². The van der Waals surface area contributed by atoms with Crippen molar-refractivity contribution in [3.05, 3.63) is 99.2 Å². The van der Waals surface area contributed by atoms with Crippen molar-refractivity contribution in [2.75, 3.05) is 39.6 Å². The predicted octanol–water partition coefficient (Wildman–Crippen LogP) is 17.5. The third kappa shape index (κ3) is 50.4. The average molecular weight is 1720 g/mol. The van der Waals surface area contributed by atoms with Gasteiger partial charge < -0.3 is 37.9 Å². The summed E-state index contributed by atoms with van der Waals surface area (Å²) in [5.74, 6) is -44.9. The minimum atomic E-state index is -6.44. The van der Waals surface area contributed by atoms with Gasteiger partial charge in [0, 0.05) is 46.6 Å². The Hall–Kier alpha value is -9.26. The fourth-order valence-corrected chi connectivity index (χ4v) is 3.25. The van der Waals surface area contributed by atoms with E-state index in [1.807, 2.05) is 0 Å². The van der Waals surface area contributed by atoms with Crippen LogP contribution in [0.1, 0.15) is 27.7 Å². The van der Waals surface area contributed by atoms with E-state index in [-0.39, 0.29) is 17.2 Å². The Morgan fingerprint density at radius 2 is 0.436 bits per heavy atom. The van der Waals surface area contributed by atoms with E-state index in [4.69, 9.17) is 0 Å². The fraction of sp³-hybridized carbons (Fsp3) is 0.538. The van der Waals surface area contributed by atoms with E-state index < -0.39 is 208 Å². The molecule has 0 fully saturated rings. The minimum absolute atomic E-state index is 0.0470. The normalized spacial score (nSPS) is 12.5. The van der Waals surface area contributed by atoms with Crippen LogP contribution in [0.2, 0.25) is 0 Å². The molecule has 644 valence electrons. The number of esters is 8. The van der Waals surface area contributed by atoms with Gasteiger partial charge in [0.05, 0.1) is 0 Å². The monoisotopic (exact) mass is 1720 g/mol. The van der Waals surface area contributed by atoms with E-state index in [1.165, 1.54) is 6.92 Å². The van der Waals surface area contributed by atoms with Crippen molar-refractivity contribution in [2.24, 2.45) is 0 Å². The van der Waals surface area contributed by atoms with Crippen molar-refractivity contribution < 1.29 is 261 Å². The maximum absolute atomic E-state index is 12.5. The number of rotatable bonds is 22. The van der Waals surface area contributed by atoms with E-state index in [0.717, 1.165) is 20.8 Å². The molecule has 0 aliphatic carbocycles. The molecule has 0 spiro atoms. The van der Waals surface area contributed by atoms with Gasteiger partial charge in [0.2, 0.25) is 0 Å². The Morgan fingerprint density at radius 1 is 0.255 bits per heavy atom. The van der Waals surface area contributed by atoms with Gasteiger partial charge in [0.1, 0.15) is 0 Å². The van der Waals surface area contributed by atoms with Gasteiger partial charge in [0.15, 0.2) is 39.6 Å². The van der Waals surface area contributed by atoms with Crippen molar-refractivity contribution in [1.29, 1.82) is 0 Å². The molecule has 0 aromatic heterocycles. The molecular formula is C52H46F42O16. The molecule has 110 heavy (non-hydrogen) atoms. The molecule has 0 bridgehead atoms. The van der Waals surface area contributed by atoms with Crippen molar-refractivity contribution >= 4 is 47.8 Å². The molecular weight excluding hydrogens is 1680 g/mol. The first-order valence-corrected chi connectivity index (χ1v) is 25.4. The molecule has 58 heteroatoms. The standard InChI is InChI=1S/C8H7F7O2.C7H5F7O2.C7H6F6O2.C7H7F5O2.C6H4F6O2.C6H5F5O2.C6H7F3O2.C5H5F3O2/c1-4(2)5(16)17-3-6(9,10)7(11,12)8(13,14)15;1-2-4(15)16-3-5(8,9)6(10,11)7(12,13)14;1-3(2)4(14)15-5(6(8,9)10)7(11,12)13;1-4(2)5(13)14-3-6(8,9)7(10,11)12;1-2-3(13)14-4(5(7,8)9)6(10,11)12;1-2-4(12)13-3-5(7,8)6(9,10)11;1-4(2)5(10)11-3-6(7,8)9;1-2-4(9)10-3-5(6,7)8/h1,3H2,2H3;2H,1,3H2;5H,1H2,2H3;1,3H2,2H3;2,4H,1H2;2H,1,3H2;1,3H2,2H3;2H,1,3H2. The summed E-state index contributed by atoms with van der Waals surface area (Å²) in [5, 5.41) is 0. The smallest absolute Gasteiger partial charge is 0.456 e. The van der Waals surface area contributed by atoms with Crippen LogP contribution in [-0.2, 0) is 76.3 Å². The largest absolute Gasteiger partial charge is 0.460 e. The first-order chi connectivity index (χ1) is 47.9. The van der Waals surface area contributed by atoms with Gasteiger partial charge in [-0.3, -0.25) is 0 Å². The number of halogens is 42. The number of ether oxygens (including phenoxy) is 8. The van der Waals surface area contributed by atoms with Gasteiger partial charge in [-0.05, 0) is 27.7 Å². The number of alkyl halides is 42. The first-order valence-electron chi connectivity index (χ1n) is 25.4. The number of carbonyl (C=O) groups is 8. The number of hydrogen-bond donors (Lipinski definition) is 0. The quantitative estimate of drug-likeness (QED) is 0.0427. The van der Waals surface area contributed by atoms with Gasteiger partial charge in [-0.2, -0.15) is 184 Å².